The lowest BCUT2D eigenvalue weighted by Gasteiger charge is -2.42. The monoisotopic (exact) mass is 280 g/mol. The molecule has 1 saturated carbocycles. The number of hydrogen-bond donors (Lipinski definition) is 1. The van der Waals surface area contributed by atoms with E-state index in [0.717, 1.165) is 26.1 Å². The van der Waals surface area contributed by atoms with Gasteiger partial charge in [0.15, 0.2) is 0 Å². The number of alkyl halides is 3. The van der Waals surface area contributed by atoms with Crippen molar-refractivity contribution in [3.05, 3.63) is 0 Å². The summed E-state index contributed by atoms with van der Waals surface area (Å²) in [5.74, 6) is -1.11. The van der Waals surface area contributed by atoms with Gasteiger partial charge in [-0.05, 0) is 26.3 Å². The molecule has 6 heteroatoms. The Kier molecular flexibility index (Phi) is 5.09. The number of ether oxygens (including phenoxy) is 1. The zero-order chi connectivity index (χ0) is 13.9. The fourth-order valence-electron chi connectivity index (χ4n) is 3.22. The lowest BCUT2D eigenvalue weighted by atomic mass is 9.84. The quantitative estimate of drug-likeness (QED) is 0.856. The summed E-state index contributed by atoms with van der Waals surface area (Å²) in [5.41, 5.74) is 0. The molecule has 0 amide bonds. The molecule has 2 rings (SSSR count). The van der Waals surface area contributed by atoms with Crippen LogP contribution in [0.3, 0.4) is 0 Å². The van der Waals surface area contributed by atoms with Gasteiger partial charge in [-0.1, -0.05) is 6.42 Å². The minimum Gasteiger partial charge on any atom is -0.374 e. The van der Waals surface area contributed by atoms with Crippen LogP contribution in [0, 0.1) is 5.92 Å². The van der Waals surface area contributed by atoms with Crippen LogP contribution in [0.4, 0.5) is 13.2 Å². The predicted octanol–water partition coefficient (Wildman–Crippen LogP) is 2.03. The Morgan fingerprint density at radius 2 is 2.11 bits per heavy atom. The molecule has 0 bridgehead atoms. The molecule has 1 heterocycles. The van der Waals surface area contributed by atoms with Crippen LogP contribution in [-0.4, -0.2) is 56.5 Å². The molecule has 0 aromatic carbocycles. The SMILES string of the molecule is CNCC1CN(C2CCCC(C(F)(F)F)C2)CCO1. The maximum absolute atomic E-state index is 12.8. The van der Waals surface area contributed by atoms with Gasteiger partial charge in [-0.25, -0.2) is 0 Å². The van der Waals surface area contributed by atoms with Gasteiger partial charge in [0.2, 0.25) is 0 Å². The van der Waals surface area contributed by atoms with Gasteiger partial charge in [-0.3, -0.25) is 4.90 Å². The summed E-state index contributed by atoms with van der Waals surface area (Å²) in [5, 5.41) is 3.06. The normalized spacial score (nSPS) is 34.4. The summed E-state index contributed by atoms with van der Waals surface area (Å²) in [6.45, 7) is 2.89. The average molecular weight is 280 g/mol. The summed E-state index contributed by atoms with van der Waals surface area (Å²) in [6, 6.07) is 0.0728. The second-order valence-corrected chi connectivity index (χ2v) is 5.60. The van der Waals surface area contributed by atoms with Crippen molar-refractivity contribution in [1.82, 2.24) is 10.2 Å². The Bertz CT molecular complexity index is 284. The highest BCUT2D eigenvalue weighted by Gasteiger charge is 2.43. The molecule has 3 unspecified atom stereocenters. The summed E-state index contributed by atoms with van der Waals surface area (Å²) in [4.78, 5) is 2.20. The van der Waals surface area contributed by atoms with Crippen LogP contribution < -0.4 is 5.32 Å². The van der Waals surface area contributed by atoms with Crippen molar-refractivity contribution in [2.45, 2.75) is 44.0 Å². The zero-order valence-corrected chi connectivity index (χ0v) is 11.4. The second kappa shape index (κ2) is 6.41. The maximum Gasteiger partial charge on any atom is 0.391 e. The highest BCUT2D eigenvalue weighted by Crippen LogP contribution is 2.39. The first-order valence-corrected chi connectivity index (χ1v) is 7.07. The fraction of sp³-hybridized carbons (Fsp3) is 1.00. The van der Waals surface area contributed by atoms with Gasteiger partial charge in [0.1, 0.15) is 0 Å². The van der Waals surface area contributed by atoms with Gasteiger partial charge in [0.05, 0.1) is 18.6 Å². The molecule has 0 spiro atoms. The van der Waals surface area contributed by atoms with Gasteiger partial charge in [0, 0.05) is 25.7 Å². The van der Waals surface area contributed by atoms with E-state index < -0.39 is 12.1 Å². The van der Waals surface area contributed by atoms with Crippen LogP contribution in [-0.2, 0) is 4.74 Å². The van der Waals surface area contributed by atoms with Crippen LogP contribution in [0.1, 0.15) is 25.7 Å². The smallest absolute Gasteiger partial charge is 0.374 e. The van der Waals surface area contributed by atoms with Crippen LogP contribution in [0.15, 0.2) is 0 Å². The third-order valence-corrected chi connectivity index (χ3v) is 4.23. The molecule has 2 aliphatic rings. The zero-order valence-electron chi connectivity index (χ0n) is 11.4. The van der Waals surface area contributed by atoms with Crippen molar-refractivity contribution in [1.29, 1.82) is 0 Å². The molecule has 0 aromatic heterocycles. The standard InChI is InChI=1S/C13H23F3N2O/c1-17-8-12-9-18(5-6-19-12)11-4-2-3-10(7-11)13(14,15)16/h10-12,17H,2-9H2,1H3. The number of rotatable bonds is 3. The molecular weight excluding hydrogens is 257 g/mol. The minimum absolute atomic E-state index is 0.0728. The third kappa shape index (κ3) is 4.07. The number of likely N-dealkylation sites (N-methyl/N-ethyl adjacent to an activating group) is 1. The van der Waals surface area contributed by atoms with Crippen LogP contribution in [0.5, 0.6) is 0 Å². The van der Waals surface area contributed by atoms with Crippen LogP contribution in [0.25, 0.3) is 0 Å². The lowest BCUT2D eigenvalue weighted by Crippen LogP contribution is -2.52. The van der Waals surface area contributed by atoms with Gasteiger partial charge in [0.25, 0.3) is 0 Å². The van der Waals surface area contributed by atoms with Gasteiger partial charge in [-0.15, -0.1) is 0 Å². The van der Waals surface area contributed by atoms with Crippen molar-refractivity contribution in [2.75, 3.05) is 33.3 Å². The van der Waals surface area contributed by atoms with E-state index in [1.807, 2.05) is 7.05 Å². The van der Waals surface area contributed by atoms with E-state index in [1.54, 1.807) is 0 Å². The van der Waals surface area contributed by atoms with Crippen LogP contribution in [0.2, 0.25) is 0 Å². The lowest BCUT2D eigenvalue weighted by molar-refractivity contribution is -0.188. The molecule has 0 radical (unpaired) electrons. The number of hydrogen-bond acceptors (Lipinski definition) is 3. The molecule has 1 aliphatic heterocycles. The molecule has 1 saturated heterocycles. The number of nitrogens with zero attached hydrogens (tertiary/aromatic N) is 1. The highest BCUT2D eigenvalue weighted by molar-refractivity contribution is 4.86. The Balaban J connectivity index is 1.90. The van der Waals surface area contributed by atoms with Gasteiger partial charge in [-0.2, -0.15) is 13.2 Å². The average Bonchev–Trinajstić information content (AvgIpc) is 2.39. The highest BCUT2D eigenvalue weighted by atomic mass is 19.4. The molecule has 19 heavy (non-hydrogen) atoms. The van der Waals surface area contributed by atoms with E-state index in [9.17, 15) is 13.2 Å². The molecule has 3 atom stereocenters. The molecule has 1 aliphatic carbocycles. The molecule has 2 fully saturated rings. The first-order valence-electron chi connectivity index (χ1n) is 7.07. The number of nitrogens with one attached hydrogen (secondary N) is 1. The summed E-state index contributed by atoms with van der Waals surface area (Å²) >= 11 is 0. The van der Waals surface area contributed by atoms with Crippen molar-refractivity contribution in [3.8, 4) is 0 Å². The summed E-state index contributed by atoms with van der Waals surface area (Å²) < 4.78 is 44.1. The van der Waals surface area contributed by atoms with Gasteiger partial charge < -0.3 is 10.1 Å². The van der Waals surface area contributed by atoms with E-state index in [0.29, 0.717) is 19.4 Å². The number of morpholine rings is 1. The molecule has 0 aromatic rings. The summed E-state index contributed by atoms with van der Waals surface area (Å²) in [7, 11) is 1.86. The molecular formula is C13H23F3N2O. The topological polar surface area (TPSA) is 24.5 Å². The Morgan fingerprint density at radius 1 is 1.32 bits per heavy atom. The second-order valence-electron chi connectivity index (χ2n) is 5.60. The van der Waals surface area contributed by atoms with Crippen molar-refractivity contribution in [2.24, 2.45) is 5.92 Å². The largest absolute Gasteiger partial charge is 0.391 e. The predicted molar refractivity (Wildman–Crippen MR) is 67.0 cm³/mol. The van der Waals surface area contributed by atoms with Crippen molar-refractivity contribution in [3.63, 3.8) is 0 Å². The maximum atomic E-state index is 12.8. The first-order chi connectivity index (χ1) is 9.00. The van der Waals surface area contributed by atoms with E-state index in [-0.39, 0.29) is 18.6 Å². The Hall–Kier alpha value is -0.330. The van der Waals surface area contributed by atoms with E-state index in [4.69, 9.17) is 4.74 Å². The number of halogens is 3. The Morgan fingerprint density at radius 3 is 2.79 bits per heavy atom. The third-order valence-electron chi connectivity index (χ3n) is 4.23. The van der Waals surface area contributed by atoms with Crippen molar-refractivity contribution < 1.29 is 17.9 Å². The molecule has 3 nitrogen and oxygen atoms in total. The van der Waals surface area contributed by atoms with Gasteiger partial charge >= 0.3 is 6.18 Å². The molecule has 112 valence electrons. The van der Waals surface area contributed by atoms with E-state index in [2.05, 4.69) is 10.2 Å². The van der Waals surface area contributed by atoms with E-state index in [1.165, 1.54) is 0 Å². The Labute approximate surface area is 112 Å². The summed E-state index contributed by atoms with van der Waals surface area (Å²) in [6.07, 6.45) is -1.80. The van der Waals surface area contributed by atoms with E-state index >= 15 is 0 Å². The van der Waals surface area contributed by atoms with Crippen molar-refractivity contribution >= 4 is 0 Å². The first kappa shape index (κ1) is 15.1. The molecule has 1 N–H and O–H groups in total. The fourth-order valence-corrected chi connectivity index (χ4v) is 3.22. The minimum atomic E-state index is -4.03. The van der Waals surface area contributed by atoms with Crippen LogP contribution >= 0.6 is 0 Å².